The van der Waals surface area contributed by atoms with Gasteiger partial charge in [-0.1, -0.05) is 12.1 Å². The van der Waals surface area contributed by atoms with Gasteiger partial charge in [0.05, 0.1) is 33.4 Å². The fraction of sp³-hybridized carbons (Fsp3) is 0.567. The summed E-state index contributed by atoms with van der Waals surface area (Å²) in [6.07, 6.45) is -8.65. The third-order valence-electron chi connectivity index (χ3n) is 8.28. The Bertz CT molecular complexity index is 1490. The molecule has 43 heavy (non-hydrogen) atoms. The van der Waals surface area contributed by atoms with Gasteiger partial charge < -0.3 is 29.9 Å². The predicted octanol–water partition coefficient (Wildman–Crippen LogP) is 5.79. The van der Waals surface area contributed by atoms with Crippen LogP contribution in [-0.4, -0.2) is 49.2 Å². The Kier molecular flexibility index (Phi) is 7.60. The maximum absolute atomic E-state index is 14.4. The molecule has 0 amide bonds. The summed E-state index contributed by atoms with van der Waals surface area (Å²) >= 11 is 0. The van der Waals surface area contributed by atoms with E-state index in [2.05, 4.69) is 10.3 Å². The molecule has 13 heteroatoms. The molecule has 3 atom stereocenters. The number of aliphatic hydroxyl groups is 3. The normalized spacial score (nSPS) is 28.6. The quantitative estimate of drug-likeness (QED) is 0.262. The highest BCUT2D eigenvalue weighted by molar-refractivity contribution is 5.83. The van der Waals surface area contributed by atoms with Crippen molar-refractivity contribution in [2.24, 2.45) is 0 Å². The van der Waals surface area contributed by atoms with E-state index in [1.54, 1.807) is 13.8 Å². The molecule has 4 N–H and O–H groups in total. The Morgan fingerprint density at radius 3 is 2.14 bits per heavy atom. The molecule has 1 aromatic heterocycles. The van der Waals surface area contributed by atoms with E-state index in [1.807, 2.05) is 0 Å². The second-order valence-corrected chi connectivity index (χ2v) is 12.9. The summed E-state index contributed by atoms with van der Waals surface area (Å²) in [5.74, 6) is -0.0829. The number of nitrogens with zero attached hydrogens (tertiary/aromatic N) is 2. The second-order valence-electron chi connectivity index (χ2n) is 12.9. The lowest BCUT2D eigenvalue weighted by Gasteiger charge is -2.43. The lowest BCUT2D eigenvalue weighted by atomic mass is 9.76. The minimum atomic E-state index is -4.79. The molecule has 1 aliphatic heterocycles. The number of fused-ring (bicyclic) bond motifs is 1. The van der Waals surface area contributed by atoms with Crippen molar-refractivity contribution in [1.82, 2.24) is 14.9 Å². The Morgan fingerprint density at radius 2 is 1.60 bits per heavy atom. The van der Waals surface area contributed by atoms with E-state index in [-0.39, 0.29) is 60.9 Å². The van der Waals surface area contributed by atoms with Crippen molar-refractivity contribution in [1.29, 1.82) is 0 Å². The van der Waals surface area contributed by atoms with E-state index in [0.717, 1.165) is 18.2 Å². The number of hydrogen-bond acceptors (Lipinski definition) is 6. The summed E-state index contributed by atoms with van der Waals surface area (Å²) in [7, 11) is 0. The Labute approximate surface area is 244 Å². The van der Waals surface area contributed by atoms with Gasteiger partial charge >= 0.3 is 12.4 Å². The summed E-state index contributed by atoms with van der Waals surface area (Å²) in [5.41, 5.74) is -5.86. The van der Waals surface area contributed by atoms with Crippen LogP contribution in [0, 0.1) is 0 Å². The highest BCUT2D eigenvalue weighted by atomic mass is 19.4. The molecule has 2 aromatic carbocycles. The average Bonchev–Trinajstić information content (AvgIpc) is 3.24. The van der Waals surface area contributed by atoms with Gasteiger partial charge in [-0.05, 0) is 77.1 Å². The van der Waals surface area contributed by atoms with E-state index in [9.17, 15) is 41.7 Å². The highest BCUT2D eigenvalue weighted by Gasteiger charge is 2.45. The van der Waals surface area contributed by atoms with Crippen molar-refractivity contribution in [2.45, 2.75) is 101 Å². The number of nitrogens with one attached hydrogen (secondary N) is 1. The molecule has 0 bridgehead atoms. The number of alkyl halides is 6. The van der Waals surface area contributed by atoms with E-state index in [1.165, 1.54) is 36.6 Å². The van der Waals surface area contributed by atoms with Crippen molar-refractivity contribution in [3.05, 3.63) is 58.9 Å². The molecule has 0 unspecified atom stereocenters. The zero-order valence-corrected chi connectivity index (χ0v) is 24.1. The van der Waals surface area contributed by atoms with Crippen molar-refractivity contribution in [3.63, 3.8) is 0 Å². The molecule has 0 radical (unpaired) electrons. The first-order chi connectivity index (χ1) is 19.7. The molecule has 1 saturated heterocycles. The van der Waals surface area contributed by atoms with Gasteiger partial charge in [-0.2, -0.15) is 26.3 Å². The lowest BCUT2D eigenvalue weighted by Crippen LogP contribution is -2.53. The van der Waals surface area contributed by atoms with Gasteiger partial charge in [0.15, 0.2) is 0 Å². The zero-order valence-electron chi connectivity index (χ0n) is 24.1. The van der Waals surface area contributed by atoms with Crippen molar-refractivity contribution in [3.8, 4) is 5.75 Å². The lowest BCUT2D eigenvalue weighted by molar-refractivity contribution is -0.138. The van der Waals surface area contributed by atoms with Crippen LogP contribution >= 0.6 is 0 Å². The fourth-order valence-electron chi connectivity index (χ4n) is 6.46. The number of ether oxygens (including phenoxy) is 1. The van der Waals surface area contributed by atoms with Crippen LogP contribution in [0.3, 0.4) is 0 Å². The highest BCUT2D eigenvalue weighted by Crippen LogP contribution is 2.47. The standard InChI is InChI=1S/C30H35F6N3O4/c1-16-11-28(42,17-5-7-18(8-6-17)29(31,32)33)12-19(37-16)15-43-21-9-22(30(34,35)36)24-23(10-21)38-25(26(2,3)40)39(24)20-13-27(4,41)14-20/h5-10,16,19-20,37,40-42H,11-15H2,1-4H3/t16-,19-,20?,27?,28-/m0/s1. The second kappa shape index (κ2) is 10.4. The van der Waals surface area contributed by atoms with Gasteiger partial charge in [-0.25, -0.2) is 4.98 Å². The number of aromatic nitrogens is 2. The molecule has 0 spiro atoms. The van der Waals surface area contributed by atoms with E-state index in [0.29, 0.717) is 5.56 Å². The minimum Gasteiger partial charge on any atom is -0.492 e. The van der Waals surface area contributed by atoms with Crippen LogP contribution in [-0.2, 0) is 23.6 Å². The van der Waals surface area contributed by atoms with Gasteiger partial charge in [0.1, 0.15) is 23.8 Å². The summed E-state index contributed by atoms with van der Waals surface area (Å²) in [4.78, 5) is 4.38. The molecule has 1 saturated carbocycles. The zero-order chi connectivity index (χ0) is 31.8. The van der Waals surface area contributed by atoms with Gasteiger partial charge in [-0.15, -0.1) is 0 Å². The Hall–Kier alpha value is -2.87. The average molecular weight is 616 g/mol. The number of imidazole rings is 1. The molecule has 7 nitrogen and oxygen atoms in total. The number of halogens is 6. The SMILES string of the molecule is C[C@H]1C[C@@](O)(c2ccc(C(F)(F)F)cc2)C[C@@H](COc2cc(C(F)(F)F)c3c(c2)nc(C(C)(C)O)n3C2CC(C)(O)C2)N1. The molecule has 1 aliphatic carbocycles. The number of piperidine rings is 1. The first-order valence-electron chi connectivity index (χ1n) is 14.0. The van der Waals surface area contributed by atoms with Gasteiger partial charge in [-0.3, -0.25) is 0 Å². The van der Waals surface area contributed by atoms with Gasteiger partial charge in [0, 0.05) is 24.2 Å². The maximum Gasteiger partial charge on any atom is 0.418 e. The predicted molar refractivity (Wildman–Crippen MR) is 145 cm³/mol. The first-order valence-corrected chi connectivity index (χ1v) is 14.0. The van der Waals surface area contributed by atoms with Crippen LogP contribution in [0.2, 0.25) is 0 Å². The maximum atomic E-state index is 14.4. The van der Waals surface area contributed by atoms with Crippen molar-refractivity contribution in [2.75, 3.05) is 6.61 Å². The summed E-state index contributed by atoms with van der Waals surface area (Å²) < 4.78 is 89.6. The molecular formula is C30H35F6N3O4. The summed E-state index contributed by atoms with van der Waals surface area (Å²) in [6.45, 7) is 6.11. The topological polar surface area (TPSA) is 99.8 Å². The van der Waals surface area contributed by atoms with Crippen molar-refractivity contribution < 1.29 is 46.4 Å². The fourth-order valence-corrected chi connectivity index (χ4v) is 6.46. The van der Waals surface area contributed by atoms with E-state index in [4.69, 9.17) is 4.74 Å². The van der Waals surface area contributed by atoms with Crippen LogP contribution in [0.4, 0.5) is 26.3 Å². The molecule has 236 valence electrons. The Morgan fingerprint density at radius 1 is 0.977 bits per heavy atom. The molecule has 2 fully saturated rings. The van der Waals surface area contributed by atoms with Gasteiger partial charge in [0.25, 0.3) is 0 Å². The molecule has 2 heterocycles. The number of rotatable bonds is 6. The van der Waals surface area contributed by atoms with Crippen LogP contribution in [0.15, 0.2) is 36.4 Å². The largest absolute Gasteiger partial charge is 0.492 e. The van der Waals surface area contributed by atoms with E-state index < -0.39 is 52.4 Å². The van der Waals surface area contributed by atoms with Crippen LogP contribution in [0.5, 0.6) is 5.75 Å². The first kappa shape index (κ1) is 31.6. The molecule has 3 aromatic rings. The minimum absolute atomic E-state index is 0.0280. The molecule has 5 rings (SSSR count). The van der Waals surface area contributed by atoms with Crippen LogP contribution < -0.4 is 10.1 Å². The smallest absolute Gasteiger partial charge is 0.418 e. The third-order valence-corrected chi connectivity index (χ3v) is 8.28. The summed E-state index contributed by atoms with van der Waals surface area (Å²) in [6, 6.07) is 5.22. The van der Waals surface area contributed by atoms with Crippen molar-refractivity contribution >= 4 is 11.0 Å². The van der Waals surface area contributed by atoms with E-state index >= 15 is 0 Å². The number of benzene rings is 2. The molecule has 2 aliphatic rings. The van der Waals surface area contributed by atoms with Crippen LogP contribution in [0.25, 0.3) is 11.0 Å². The van der Waals surface area contributed by atoms with Gasteiger partial charge in [0.2, 0.25) is 0 Å². The summed E-state index contributed by atoms with van der Waals surface area (Å²) in [5, 5.41) is 35.7. The third kappa shape index (κ3) is 6.36. The van der Waals surface area contributed by atoms with Crippen LogP contribution in [0.1, 0.15) is 81.9 Å². The monoisotopic (exact) mass is 615 g/mol. The Balaban J connectivity index is 1.44. The number of hydrogen-bond donors (Lipinski definition) is 4. The molecular weight excluding hydrogens is 580 g/mol.